The zero-order valence-corrected chi connectivity index (χ0v) is 11.2. The molecule has 0 aliphatic heterocycles. The normalized spacial score (nSPS) is 11.2. The first-order chi connectivity index (χ1) is 11.1. The molecule has 7 nitrogen and oxygen atoms in total. The van der Waals surface area contributed by atoms with E-state index in [1.807, 2.05) is 5.87 Å². The summed E-state index contributed by atoms with van der Waals surface area (Å²) in [7, 11) is 0. The average molecular weight is 294 g/mol. The highest BCUT2D eigenvalue weighted by Gasteiger charge is 2.36. The largest absolute Gasteiger partial charge is 0.298 e. The van der Waals surface area contributed by atoms with Crippen LogP contribution in [0.1, 0.15) is 33.4 Å². The van der Waals surface area contributed by atoms with E-state index in [4.69, 9.17) is 5.41 Å². The summed E-state index contributed by atoms with van der Waals surface area (Å²) in [6.07, 6.45) is 0.315. The number of carbonyl (C=O) groups excluding carboxylic acids is 1. The number of nitriles is 5. The van der Waals surface area contributed by atoms with Gasteiger partial charge in [0, 0.05) is 16.7 Å². The van der Waals surface area contributed by atoms with Gasteiger partial charge in [0.25, 0.3) is 0 Å². The van der Waals surface area contributed by atoms with Crippen LogP contribution in [-0.4, -0.2) is 12.2 Å². The van der Waals surface area contributed by atoms with Gasteiger partial charge in [-0.25, -0.2) is 0 Å². The molecule has 0 unspecified atom stereocenters. The Morgan fingerprint density at radius 2 is 1.22 bits per heavy atom. The number of carbonyl (C=O) groups is 1. The monoisotopic (exact) mass is 294 g/mol. The van der Waals surface area contributed by atoms with Crippen LogP contribution in [0.3, 0.4) is 0 Å². The molecule has 0 saturated heterocycles. The molecule has 0 bridgehead atoms. The number of hydrogen-bond donors (Lipinski definition) is 1. The molecule has 0 atom stereocenters. The van der Waals surface area contributed by atoms with Gasteiger partial charge in [-0.2, -0.15) is 26.3 Å². The SMILES string of the molecule is N#CC1=C(C=O)C(=C=N)c2c(C#N)c(C#N)c(C#N)c(C#N)c21. The molecule has 23 heavy (non-hydrogen) atoms. The molecule has 0 heterocycles. The second kappa shape index (κ2) is 5.49. The van der Waals surface area contributed by atoms with Crippen LogP contribution in [0.5, 0.6) is 0 Å². The molecule has 1 aromatic rings. The highest BCUT2D eigenvalue weighted by atomic mass is 16.1. The van der Waals surface area contributed by atoms with Crippen molar-refractivity contribution in [1.29, 1.82) is 31.7 Å². The van der Waals surface area contributed by atoms with Crippen molar-refractivity contribution < 1.29 is 4.79 Å². The van der Waals surface area contributed by atoms with Crippen LogP contribution in [0.4, 0.5) is 0 Å². The van der Waals surface area contributed by atoms with E-state index < -0.39 is 0 Å². The van der Waals surface area contributed by atoms with Crippen LogP contribution in [0.15, 0.2) is 5.57 Å². The Morgan fingerprint density at radius 1 is 0.739 bits per heavy atom. The van der Waals surface area contributed by atoms with Crippen LogP contribution in [-0.2, 0) is 4.79 Å². The molecular formula is C16H2N6O. The van der Waals surface area contributed by atoms with Gasteiger partial charge in [-0.1, -0.05) is 0 Å². The van der Waals surface area contributed by atoms with Gasteiger partial charge >= 0.3 is 0 Å². The predicted molar refractivity (Wildman–Crippen MR) is 75.0 cm³/mol. The molecule has 0 saturated carbocycles. The number of nitrogens with zero attached hydrogens (tertiary/aromatic N) is 5. The fraction of sp³-hybridized carbons (Fsp3) is 0. The minimum Gasteiger partial charge on any atom is -0.298 e. The highest BCUT2D eigenvalue weighted by molar-refractivity contribution is 6.23. The van der Waals surface area contributed by atoms with Crippen LogP contribution in [0.2, 0.25) is 0 Å². The lowest BCUT2D eigenvalue weighted by Crippen LogP contribution is -2.03. The van der Waals surface area contributed by atoms with E-state index >= 15 is 0 Å². The maximum absolute atomic E-state index is 11.3. The second-order valence-corrected chi connectivity index (χ2v) is 4.22. The molecule has 7 heteroatoms. The maximum Gasteiger partial charge on any atom is 0.152 e. The second-order valence-electron chi connectivity index (χ2n) is 4.22. The van der Waals surface area contributed by atoms with Gasteiger partial charge in [-0.15, -0.1) is 0 Å². The molecule has 0 amide bonds. The summed E-state index contributed by atoms with van der Waals surface area (Å²) in [6, 6.07) is 8.62. The average Bonchev–Trinajstić information content (AvgIpc) is 2.91. The molecule has 1 N–H and O–H groups in total. The molecule has 0 spiro atoms. The topological polar surface area (TPSA) is 160 Å². The minimum absolute atomic E-state index is 0.0618. The minimum atomic E-state index is -0.338. The maximum atomic E-state index is 11.3. The van der Waals surface area contributed by atoms with Crippen molar-refractivity contribution in [2.45, 2.75) is 0 Å². The summed E-state index contributed by atoms with van der Waals surface area (Å²) >= 11 is 0. The van der Waals surface area contributed by atoms with E-state index in [1.165, 1.54) is 0 Å². The summed E-state index contributed by atoms with van der Waals surface area (Å²) in [5, 5.41) is 53.8. The van der Waals surface area contributed by atoms with E-state index in [9.17, 15) is 31.1 Å². The van der Waals surface area contributed by atoms with Gasteiger partial charge in [-0.3, -0.25) is 10.2 Å². The third kappa shape index (κ3) is 1.72. The fourth-order valence-corrected chi connectivity index (χ4v) is 2.46. The van der Waals surface area contributed by atoms with Gasteiger partial charge < -0.3 is 0 Å². The Morgan fingerprint density at radius 3 is 1.57 bits per heavy atom. The number of rotatable bonds is 1. The smallest absolute Gasteiger partial charge is 0.152 e. The van der Waals surface area contributed by atoms with Crippen LogP contribution < -0.4 is 0 Å². The predicted octanol–water partition coefficient (Wildman–Crippen LogP) is 1.29. The Balaban J connectivity index is 3.29. The first-order valence-electron chi connectivity index (χ1n) is 5.89. The van der Waals surface area contributed by atoms with E-state index in [-0.39, 0.29) is 50.1 Å². The lowest BCUT2D eigenvalue weighted by atomic mass is 9.87. The standard InChI is InChI=1S/C16H2N6O/c17-1-8-9(2-18)11(4-20)16-13(6-22)14(7-23)12(5-21)15(16)10(8)3-19/h7,21H. The van der Waals surface area contributed by atoms with E-state index in [1.54, 1.807) is 30.3 Å². The molecule has 0 fully saturated rings. The third-order valence-corrected chi connectivity index (χ3v) is 3.34. The van der Waals surface area contributed by atoms with Crippen molar-refractivity contribution in [1.82, 2.24) is 0 Å². The molecule has 0 radical (unpaired) electrons. The van der Waals surface area contributed by atoms with Crippen molar-refractivity contribution >= 4 is 23.3 Å². The van der Waals surface area contributed by atoms with Crippen molar-refractivity contribution in [2.75, 3.05) is 0 Å². The fourth-order valence-electron chi connectivity index (χ4n) is 2.46. The number of hydrogen-bond acceptors (Lipinski definition) is 7. The Bertz CT molecular complexity index is 1080. The lowest BCUT2D eigenvalue weighted by molar-refractivity contribution is -0.104. The first kappa shape index (κ1) is 14.9. The molecule has 102 valence electrons. The van der Waals surface area contributed by atoms with E-state index in [0.717, 1.165) is 0 Å². The number of fused-ring (bicyclic) bond motifs is 1. The van der Waals surface area contributed by atoms with Crippen LogP contribution >= 0.6 is 0 Å². The molecule has 1 aliphatic rings. The van der Waals surface area contributed by atoms with Crippen molar-refractivity contribution in [3.05, 3.63) is 39.0 Å². The summed E-state index contributed by atoms with van der Waals surface area (Å²) in [5.41, 5.74) is -1.94. The highest BCUT2D eigenvalue weighted by Crippen LogP contribution is 2.44. The number of aldehydes is 1. The van der Waals surface area contributed by atoms with Gasteiger partial charge in [0.2, 0.25) is 0 Å². The molecule has 1 aliphatic carbocycles. The summed E-state index contributed by atoms with van der Waals surface area (Å²) in [4.78, 5) is 11.3. The first-order valence-corrected chi connectivity index (χ1v) is 5.89. The van der Waals surface area contributed by atoms with E-state index in [2.05, 4.69) is 0 Å². The molecular weight excluding hydrogens is 292 g/mol. The molecule has 1 aromatic carbocycles. The zero-order valence-electron chi connectivity index (χ0n) is 11.2. The Labute approximate surface area is 130 Å². The number of nitrogens with one attached hydrogen (secondary N) is 1. The molecule has 2 rings (SSSR count). The van der Waals surface area contributed by atoms with Crippen LogP contribution in [0.25, 0.3) is 11.1 Å². The quantitative estimate of drug-likeness (QED) is 0.606. The lowest BCUT2D eigenvalue weighted by Gasteiger charge is -2.09. The summed E-state index contributed by atoms with van der Waals surface area (Å²) < 4.78 is 0. The zero-order chi connectivity index (χ0) is 17.1. The van der Waals surface area contributed by atoms with Gasteiger partial charge in [0.15, 0.2) is 6.29 Å². The van der Waals surface area contributed by atoms with Gasteiger partial charge in [0.05, 0.1) is 33.4 Å². The number of benzene rings is 1. The summed E-state index contributed by atoms with van der Waals surface area (Å²) in [5.74, 6) is 1.97. The Kier molecular flexibility index (Phi) is 3.57. The van der Waals surface area contributed by atoms with Gasteiger partial charge in [0.1, 0.15) is 30.3 Å². The Hall–Kier alpha value is -4.47. The van der Waals surface area contributed by atoms with Gasteiger partial charge in [-0.05, 0) is 5.87 Å². The summed E-state index contributed by atoms with van der Waals surface area (Å²) in [6.45, 7) is 0. The molecule has 0 aromatic heterocycles. The van der Waals surface area contributed by atoms with Crippen LogP contribution in [0, 0.1) is 62.1 Å². The third-order valence-electron chi connectivity index (χ3n) is 3.34. The van der Waals surface area contributed by atoms with E-state index in [0.29, 0.717) is 6.29 Å². The van der Waals surface area contributed by atoms with Crippen molar-refractivity contribution in [3.63, 3.8) is 0 Å². The number of allylic oxidation sites excluding steroid dienone is 3. The van der Waals surface area contributed by atoms with Crippen molar-refractivity contribution in [3.8, 4) is 30.3 Å². The van der Waals surface area contributed by atoms with Crippen molar-refractivity contribution in [2.24, 2.45) is 0 Å².